The molecule has 0 aliphatic carbocycles. The average molecular weight is 351 g/mol. The molecule has 2 aromatic carbocycles. The minimum absolute atomic E-state index is 0.614. The Bertz CT molecular complexity index is 585. The third-order valence-electron chi connectivity index (χ3n) is 3.97. The first-order valence-corrected chi connectivity index (χ1v) is 8.42. The summed E-state index contributed by atoms with van der Waals surface area (Å²) in [5, 5.41) is 1.70. The van der Waals surface area contributed by atoms with E-state index in [0.29, 0.717) is 5.92 Å². The van der Waals surface area contributed by atoms with Crippen molar-refractivity contribution in [2.75, 3.05) is 18.0 Å². The summed E-state index contributed by atoms with van der Waals surface area (Å²) in [6.07, 6.45) is 1.19. The van der Waals surface area contributed by atoms with Crippen LogP contribution in [0.4, 0.5) is 5.69 Å². The lowest BCUT2D eigenvalue weighted by Gasteiger charge is -2.20. The van der Waals surface area contributed by atoms with Crippen molar-refractivity contribution in [1.82, 2.24) is 0 Å². The van der Waals surface area contributed by atoms with Gasteiger partial charge in [-0.3, -0.25) is 0 Å². The minimum Gasteiger partial charge on any atom is -0.370 e. The molecule has 3 rings (SSSR count). The second kappa shape index (κ2) is 6.19. The van der Waals surface area contributed by atoms with Crippen LogP contribution >= 0.6 is 27.5 Å². The van der Waals surface area contributed by atoms with Crippen molar-refractivity contribution < 1.29 is 0 Å². The van der Waals surface area contributed by atoms with Gasteiger partial charge in [-0.1, -0.05) is 63.9 Å². The molecule has 1 saturated heterocycles. The van der Waals surface area contributed by atoms with Gasteiger partial charge in [0.2, 0.25) is 0 Å². The summed E-state index contributed by atoms with van der Waals surface area (Å²) < 4.78 is 0. The Labute approximate surface area is 133 Å². The SMILES string of the molecule is Clc1cc(CBr)ccc1N1CCC(c2ccccc2)C1. The van der Waals surface area contributed by atoms with E-state index in [9.17, 15) is 0 Å². The quantitative estimate of drug-likeness (QED) is 0.685. The largest absolute Gasteiger partial charge is 0.370 e. The summed E-state index contributed by atoms with van der Waals surface area (Å²) in [6.45, 7) is 2.13. The maximum Gasteiger partial charge on any atom is 0.0642 e. The highest BCUT2D eigenvalue weighted by atomic mass is 79.9. The third kappa shape index (κ3) is 2.87. The lowest BCUT2D eigenvalue weighted by atomic mass is 9.99. The Morgan fingerprint density at radius 2 is 1.95 bits per heavy atom. The molecule has 1 aliphatic rings. The fourth-order valence-corrected chi connectivity index (χ4v) is 3.54. The zero-order chi connectivity index (χ0) is 13.9. The number of anilines is 1. The van der Waals surface area contributed by atoms with Crippen molar-refractivity contribution >= 4 is 33.2 Å². The summed E-state index contributed by atoms with van der Waals surface area (Å²) in [4.78, 5) is 2.40. The third-order valence-corrected chi connectivity index (χ3v) is 4.92. The van der Waals surface area contributed by atoms with Crippen LogP contribution in [0.3, 0.4) is 0 Å². The topological polar surface area (TPSA) is 3.24 Å². The Morgan fingerprint density at radius 3 is 2.65 bits per heavy atom. The van der Waals surface area contributed by atoms with Crippen LogP contribution < -0.4 is 4.90 Å². The first-order valence-electron chi connectivity index (χ1n) is 6.92. The summed E-state index contributed by atoms with van der Waals surface area (Å²) in [7, 11) is 0. The second-order valence-electron chi connectivity index (χ2n) is 5.26. The molecule has 20 heavy (non-hydrogen) atoms. The Morgan fingerprint density at radius 1 is 1.15 bits per heavy atom. The number of alkyl halides is 1. The predicted octanol–water partition coefficient (Wildman–Crippen LogP) is 5.23. The number of hydrogen-bond acceptors (Lipinski definition) is 1. The maximum absolute atomic E-state index is 6.42. The predicted molar refractivity (Wildman–Crippen MR) is 90.1 cm³/mol. The van der Waals surface area contributed by atoms with E-state index in [1.54, 1.807) is 0 Å². The number of benzene rings is 2. The summed E-state index contributed by atoms with van der Waals surface area (Å²) in [6, 6.07) is 17.1. The molecule has 1 unspecified atom stereocenters. The average Bonchev–Trinajstić information content (AvgIpc) is 2.97. The molecule has 1 aliphatic heterocycles. The van der Waals surface area contributed by atoms with Gasteiger partial charge < -0.3 is 4.90 Å². The fraction of sp³-hybridized carbons (Fsp3) is 0.294. The molecule has 0 aromatic heterocycles. The van der Waals surface area contributed by atoms with Gasteiger partial charge in [0, 0.05) is 24.3 Å². The molecule has 2 aromatic rings. The molecule has 0 radical (unpaired) electrons. The van der Waals surface area contributed by atoms with E-state index in [2.05, 4.69) is 69.4 Å². The van der Waals surface area contributed by atoms with Gasteiger partial charge in [-0.05, 0) is 29.7 Å². The molecular formula is C17H17BrClN. The second-order valence-corrected chi connectivity index (χ2v) is 6.23. The van der Waals surface area contributed by atoms with Crippen molar-refractivity contribution in [3.8, 4) is 0 Å². The lowest BCUT2D eigenvalue weighted by Crippen LogP contribution is -2.19. The maximum atomic E-state index is 6.42. The summed E-state index contributed by atoms with van der Waals surface area (Å²) in [5.41, 5.74) is 3.82. The summed E-state index contributed by atoms with van der Waals surface area (Å²) in [5.74, 6) is 0.614. The highest BCUT2D eigenvalue weighted by Crippen LogP contribution is 2.35. The van der Waals surface area contributed by atoms with Gasteiger partial charge in [-0.25, -0.2) is 0 Å². The van der Waals surface area contributed by atoms with Crippen molar-refractivity contribution in [2.24, 2.45) is 0 Å². The smallest absolute Gasteiger partial charge is 0.0642 e. The number of rotatable bonds is 3. The van der Waals surface area contributed by atoms with E-state index >= 15 is 0 Å². The Hall–Kier alpha value is -0.990. The molecule has 0 bridgehead atoms. The van der Waals surface area contributed by atoms with Crippen molar-refractivity contribution in [3.63, 3.8) is 0 Å². The zero-order valence-electron chi connectivity index (χ0n) is 11.2. The van der Waals surface area contributed by atoms with Gasteiger partial charge in [0.15, 0.2) is 0 Å². The van der Waals surface area contributed by atoms with Crippen LogP contribution in [0.5, 0.6) is 0 Å². The number of nitrogens with zero attached hydrogens (tertiary/aromatic N) is 1. The van der Waals surface area contributed by atoms with E-state index in [0.717, 1.165) is 29.1 Å². The molecule has 0 amide bonds. The van der Waals surface area contributed by atoms with Crippen LogP contribution in [-0.4, -0.2) is 13.1 Å². The van der Waals surface area contributed by atoms with Gasteiger partial charge in [0.05, 0.1) is 10.7 Å². The van der Waals surface area contributed by atoms with E-state index < -0.39 is 0 Å². The zero-order valence-corrected chi connectivity index (χ0v) is 13.6. The van der Waals surface area contributed by atoms with Gasteiger partial charge in [0.25, 0.3) is 0 Å². The monoisotopic (exact) mass is 349 g/mol. The molecule has 3 heteroatoms. The molecule has 104 valence electrons. The molecule has 0 spiro atoms. The van der Waals surface area contributed by atoms with E-state index in [4.69, 9.17) is 11.6 Å². The van der Waals surface area contributed by atoms with Gasteiger partial charge in [-0.2, -0.15) is 0 Å². The van der Waals surface area contributed by atoms with Crippen LogP contribution in [-0.2, 0) is 5.33 Å². The number of halogens is 2. The van der Waals surface area contributed by atoms with Crippen LogP contribution in [0.15, 0.2) is 48.5 Å². The van der Waals surface area contributed by atoms with E-state index in [1.807, 2.05) is 0 Å². The molecule has 0 saturated carbocycles. The summed E-state index contributed by atoms with van der Waals surface area (Å²) >= 11 is 9.89. The fourth-order valence-electron chi connectivity index (χ4n) is 2.87. The van der Waals surface area contributed by atoms with E-state index in [1.165, 1.54) is 17.5 Å². The normalized spacial score (nSPS) is 18.5. The Kier molecular flexibility index (Phi) is 4.32. The first kappa shape index (κ1) is 14.0. The van der Waals surface area contributed by atoms with E-state index in [-0.39, 0.29) is 0 Å². The lowest BCUT2D eigenvalue weighted by molar-refractivity contribution is 0.775. The molecule has 1 nitrogen and oxygen atoms in total. The van der Waals surface area contributed by atoms with Crippen molar-refractivity contribution in [3.05, 3.63) is 64.7 Å². The van der Waals surface area contributed by atoms with Crippen LogP contribution in [0, 0.1) is 0 Å². The van der Waals surface area contributed by atoms with Gasteiger partial charge in [0.1, 0.15) is 0 Å². The van der Waals surface area contributed by atoms with Gasteiger partial charge in [-0.15, -0.1) is 0 Å². The number of hydrogen-bond donors (Lipinski definition) is 0. The highest BCUT2D eigenvalue weighted by molar-refractivity contribution is 9.08. The molecule has 1 heterocycles. The minimum atomic E-state index is 0.614. The van der Waals surface area contributed by atoms with Gasteiger partial charge >= 0.3 is 0 Å². The van der Waals surface area contributed by atoms with Crippen molar-refractivity contribution in [1.29, 1.82) is 0 Å². The van der Waals surface area contributed by atoms with Crippen LogP contribution in [0.25, 0.3) is 0 Å². The Balaban J connectivity index is 1.77. The van der Waals surface area contributed by atoms with Crippen molar-refractivity contribution in [2.45, 2.75) is 17.7 Å². The molecule has 1 fully saturated rings. The highest BCUT2D eigenvalue weighted by Gasteiger charge is 2.25. The van der Waals surface area contributed by atoms with Crippen LogP contribution in [0.2, 0.25) is 5.02 Å². The molecule has 1 atom stereocenters. The first-order chi connectivity index (χ1) is 9.78. The van der Waals surface area contributed by atoms with Crippen LogP contribution in [0.1, 0.15) is 23.5 Å². The molecular weight excluding hydrogens is 334 g/mol. The standard InChI is InChI=1S/C17H17BrClN/c18-11-13-6-7-17(16(19)10-13)20-9-8-15(12-20)14-4-2-1-3-5-14/h1-7,10,15H,8-9,11-12H2. The molecule has 0 N–H and O–H groups in total.